The van der Waals surface area contributed by atoms with Gasteiger partial charge in [-0.3, -0.25) is 8.42 Å². The second-order valence-electron chi connectivity index (χ2n) is 5.72. The van der Waals surface area contributed by atoms with E-state index in [9.17, 15) is 8.42 Å². The van der Waals surface area contributed by atoms with Crippen LogP contribution >= 0.6 is 0 Å². The van der Waals surface area contributed by atoms with Gasteiger partial charge in [0, 0.05) is 38.9 Å². The van der Waals surface area contributed by atoms with Crippen LogP contribution in [-0.4, -0.2) is 82.8 Å². The number of hydrogen-bond acceptors (Lipinski definition) is 6. The van der Waals surface area contributed by atoms with E-state index in [1.165, 1.54) is 0 Å². The summed E-state index contributed by atoms with van der Waals surface area (Å²) in [6.07, 6.45) is 0.526. The van der Waals surface area contributed by atoms with Crippen molar-refractivity contribution < 1.29 is 27.4 Å². The van der Waals surface area contributed by atoms with Gasteiger partial charge in [0.25, 0.3) is 0 Å². The van der Waals surface area contributed by atoms with Gasteiger partial charge in [-0.1, -0.05) is 41.5 Å². The summed E-state index contributed by atoms with van der Waals surface area (Å²) < 4.78 is 42.0. The number of ether oxygens (including phenoxy) is 4. The molecule has 0 bridgehead atoms. The summed E-state index contributed by atoms with van der Waals surface area (Å²) >= 11 is 0. The smallest absolute Gasteiger partial charge is 0.0781 e. The third-order valence-corrected chi connectivity index (χ3v) is 6.41. The van der Waals surface area contributed by atoms with Crippen molar-refractivity contribution in [1.29, 1.82) is 0 Å². The lowest BCUT2D eigenvalue weighted by Gasteiger charge is -2.18. The van der Waals surface area contributed by atoms with Crippen LogP contribution in [0, 0.1) is 0 Å². The van der Waals surface area contributed by atoms with Crippen molar-refractivity contribution in [1.82, 2.24) is 0 Å². The van der Waals surface area contributed by atoms with E-state index in [0.29, 0.717) is 25.9 Å². The molecule has 180 valence electrons. The third kappa shape index (κ3) is 22.6. The van der Waals surface area contributed by atoms with E-state index in [2.05, 4.69) is 0 Å². The average molecular weight is 461 g/mol. The normalized spacial score (nSPS) is 30.4. The highest BCUT2D eigenvalue weighted by Gasteiger charge is 2.15. The molecule has 3 saturated heterocycles. The molecule has 3 heterocycles. The first-order chi connectivity index (χ1) is 14.0. The maximum absolute atomic E-state index is 10.8. The Balaban J connectivity index is -0.000000310. The second-order valence-corrected chi connectivity index (χ2v) is 9.31. The standard InChI is InChI=1S/2C5H10O2S.C5H10O2.3C2H6/c1-5-4-8(6)3-2-7-5;1-5-4-7-2-3-8(5)6;1-5-4-6-2-3-7-5;3*1-2/h2*5H,2-4H2,1H3;5H,2-4H2,1H3;3*1-2H3. The fraction of sp³-hybridized carbons (Fsp3) is 1.00. The largest absolute Gasteiger partial charge is 0.379 e. The van der Waals surface area contributed by atoms with Crippen LogP contribution in [0.25, 0.3) is 0 Å². The fourth-order valence-corrected chi connectivity index (χ4v) is 4.01. The van der Waals surface area contributed by atoms with Gasteiger partial charge in [0.15, 0.2) is 0 Å². The van der Waals surface area contributed by atoms with E-state index < -0.39 is 21.6 Å². The van der Waals surface area contributed by atoms with Crippen molar-refractivity contribution >= 4 is 21.6 Å². The number of hydrogen-bond donors (Lipinski definition) is 0. The zero-order valence-electron chi connectivity index (χ0n) is 20.4. The highest BCUT2D eigenvalue weighted by molar-refractivity contribution is 7.85. The lowest BCUT2D eigenvalue weighted by Crippen LogP contribution is -2.28. The zero-order valence-corrected chi connectivity index (χ0v) is 22.0. The highest BCUT2D eigenvalue weighted by Crippen LogP contribution is 2.02. The molecule has 3 aliphatic heterocycles. The first-order valence-electron chi connectivity index (χ1n) is 11.1. The van der Waals surface area contributed by atoms with E-state index in [0.717, 1.165) is 37.1 Å². The van der Waals surface area contributed by atoms with E-state index in [-0.39, 0.29) is 11.4 Å². The Labute approximate surface area is 185 Å². The quantitative estimate of drug-likeness (QED) is 0.547. The zero-order chi connectivity index (χ0) is 23.1. The van der Waals surface area contributed by atoms with Crippen LogP contribution in [-0.2, 0) is 40.5 Å². The van der Waals surface area contributed by atoms with E-state index >= 15 is 0 Å². The summed E-state index contributed by atoms with van der Waals surface area (Å²) in [6.45, 7) is 22.2. The summed E-state index contributed by atoms with van der Waals surface area (Å²) in [4.78, 5) is 0. The summed E-state index contributed by atoms with van der Waals surface area (Å²) in [5.74, 6) is 2.17. The molecule has 0 spiro atoms. The van der Waals surface area contributed by atoms with Crippen LogP contribution in [0.2, 0.25) is 0 Å². The maximum atomic E-state index is 10.8. The molecular formula is C21H48O6S2. The van der Waals surface area contributed by atoms with Gasteiger partial charge < -0.3 is 18.9 Å². The minimum absolute atomic E-state index is 0.213. The number of rotatable bonds is 0. The van der Waals surface area contributed by atoms with Crippen molar-refractivity contribution in [2.45, 2.75) is 79.8 Å². The predicted octanol–water partition coefficient (Wildman–Crippen LogP) is 3.81. The first kappa shape index (κ1) is 33.8. The maximum Gasteiger partial charge on any atom is 0.0781 e. The van der Waals surface area contributed by atoms with Gasteiger partial charge >= 0.3 is 0 Å². The van der Waals surface area contributed by atoms with E-state index in [1.54, 1.807) is 0 Å². The fourth-order valence-electron chi connectivity index (χ4n) is 2.01. The molecule has 3 aliphatic rings. The molecule has 3 rings (SSSR count). The van der Waals surface area contributed by atoms with E-state index in [4.69, 9.17) is 18.9 Å². The van der Waals surface area contributed by atoms with E-state index in [1.807, 2.05) is 62.3 Å². The molecule has 3 fully saturated rings. The molecule has 0 aromatic carbocycles. The summed E-state index contributed by atoms with van der Waals surface area (Å²) in [5, 5.41) is 0.253. The predicted molar refractivity (Wildman–Crippen MR) is 127 cm³/mol. The highest BCUT2D eigenvalue weighted by atomic mass is 32.2. The Kier molecular flexibility index (Phi) is 30.5. The lowest BCUT2D eigenvalue weighted by atomic mass is 10.4. The van der Waals surface area contributed by atoms with Gasteiger partial charge in [0.2, 0.25) is 0 Å². The Morgan fingerprint density at radius 3 is 1.48 bits per heavy atom. The molecule has 0 amide bonds. The molecule has 0 radical (unpaired) electrons. The van der Waals surface area contributed by atoms with Crippen molar-refractivity contribution in [3.63, 3.8) is 0 Å². The monoisotopic (exact) mass is 460 g/mol. The first-order valence-corrected chi connectivity index (χ1v) is 14.0. The van der Waals surface area contributed by atoms with Gasteiger partial charge in [0.1, 0.15) is 0 Å². The average Bonchev–Trinajstić information content (AvgIpc) is 2.76. The second kappa shape index (κ2) is 26.2. The SMILES string of the molecule is CC.CC.CC.CC1COCCO1.CC1COCCS1=O.CC1CS(=O)CCO1. The molecule has 0 aliphatic carbocycles. The minimum atomic E-state index is -0.610. The molecule has 5 atom stereocenters. The van der Waals surface area contributed by atoms with Crippen molar-refractivity contribution in [2.24, 2.45) is 0 Å². The van der Waals surface area contributed by atoms with Crippen molar-refractivity contribution in [3.05, 3.63) is 0 Å². The van der Waals surface area contributed by atoms with Crippen LogP contribution in [0.15, 0.2) is 0 Å². The van der Waals surface area contributed by atoms with Gasteiger partial charge in [-0.15, -0.1) is 0 Å². The molecule has 6 nitrogen and oxygen atoms in total. The molecular weight excluding hydrogens is 412 g/mol. The summed E-state index contributed by atoms with van der Waals surface area (Å²) in [5.41, 5.74) is 0. The molecule has 5 unspecified atom stereocenters. The van der Waals surface area contributed by atoms with Crippen LogP contribution in [0.5, 0.6) is 0 Å². The van der Waals surface area contributed by atoms with Crippen molar-refractivity contribution in [3.8, 4) is 0 Å². The van der Waals surface area contributed by atoms with Gasteiger partial charge in [-0.2, -0.15) is 0 Å². The minimum Gasteiger partial charge on any atom is -0.379 e. The molecule has 0 aromatic rings. The molecule has 0 aromatic heterocycles. The summed E-state index contributed by atoms with van der Waals surface area (Å²) in [6, 6.07) is 0. The van der Waals surface area contributed by atoms with Crippen LogP contribution < -0.4 is 0 Å². The third-order valence-electron chi connectivity index (χ3n) is 3.35. The van der Waals surface area contributed by atoms with Crippen LogP contribution in [0.1, 0.15) is 62.3 Å². The van der Waals surface area contributed by atoms with Crippen molar-refractivity contribution in [2.75, 3.05) is 56.9 Å². The molecule has 29 heavy (non-hydrogen) atoms. The topological polar surface area (TPSA) is 71.1 Å². The Morgan fingerprint density at radius 2 is 1.21 bits per heavy atom. The molecule has 8 heteroatoms. The van der Waals surface area contributed by atoms with Gasteiger partial charge in [0.05, 0.1) is 57.1 Å². The summed E-state index contributed by atoms with van der Waals surface area (Å²) in [7, 11) is -1.21. The lowest BCUT2D eigenvalue weighted by molar-refractivity contribution is -0.0797. The van der Waals surface area contributed by atoms with Gasteiger partial charge in [-0.05, 0) is 20.8 Å². The molecule has 0 saturated carbocycles. The van der Waals surface area contributed by atoms with Crippen LogP contribution in [0.4, 0.5) is 0 Å². The Bertz CT molecular complexity index is 363. The Morgan fingerprint density at radius 1 is 0.655 bits per heavy atom. The van der Waals surface area contributed by atoms with Crippen LogP contribution in [0.3, 0.4) is 0 Å². The Hall–Kier alpha value is 0.140. The van der Waals surface area contributed by atoms with Gasteiger partial charge in [-0.25, -0.2) is 0 Å². The molecule has 0 N–H and O–H groups in total.